The van der Waals surface area contributed by atoms with E-state index in [1.165, 1.54) is 5.56 Å². The molecule has 19 heavy (non-hydrogen) atoms. The molecule has 0 spiro atoms. The molecule has 0 bridgehead atoms. The maximum Gasteiger partial charge on any atom is 0.123 e. The largest absolute Gasteiger partial charge is 0.496 e. The lowest BCUT2D eigenvalue weighted by molar-refractivity contribution is 0.401. The number of aryl methyl sites for hydroxylation is 1. The summed E-state index contributed by atoms with van der Waals surface area (Å²) in [6.07, 6.45) is 2.70. The molecule has 0 radical (unpaired) electrons. The minimum Gasteiger partial charge on any atom is -0.496 e. The average molecular weight is 256 g/mol. The van der Waals surface area contributed by atoms with Crippen molar-refractivity contribution in [3.63, 3.8) is 0 Å². The fraction of sp³-hybridized carbons (Fsp3) is 0.312. The molecule has 2 aromatic rings. The molecule has 1 heterocycles. The Morgan fingerprint density at radius 3 is 2.68 bits per heavy atom. The molecule has 1 unspecified atom stereocenters. The smallest absolute Gasteiger partial charge is 0.123 e. The summed E-state index contributed by atoms with van der Waals surface area (Å²) in [5.74, 6) is 0.912. The van der Waals surface area contributed by atoms with Gasteiger partial charge in [0, 0.05) is 29.9 Å². The van der Waals surface area contributed by atoms with Gasteiger partial charge in [-0.1, -0.05) is 24.3 Å². The van der Waals surface area contributed by atoms with E-state index in [0.29, 0.717) is 0 Å². The number of benzene rings is 1. The molecule has 0 aliphatic rings. The van der Waals surface area contributed by atoms with Crippen molar-refractivity contribution in [1.29, 1.82) is 0 Å². The van der Waals surface area contributed by atoms with Gasteiger partial charge in [0.25, 0.3) is 0 Å². The highest BCUT2D eigenvalue weighted by molar-refractivity contribution is 5.37. The summed E-state index contributed by atoms with van der Waals surface area (Å²) in [7, 11) is 3.67. The lowest BCUT2D eigenvalue weighted by Crippen LogP contribution is -2.20. The highest BCUT2D eigenvalue weighted by Crippen LogP contribution is 2.27. The Labute approximate surface area is 114 Å². The average Bonchev–Trinajstić information content (AvgIpc) is 2.46. The second-order valence-corrected chi connectivity index (χ2v) is 4.55. The number of rotatable bonds is 5. The molecular formula is C16H20N2O. The second-order valence-electron chi connectivity index (χ2n) is 4.55. The molecule has 0 saturated carbocycles. The van der Waals surface area contributed by atoms with Crippen molar-refractivity contribution in [2.75, 3.05) is 14.2 Å². The number of likely N-dealkylation sites (N-methyl/N-ethyl adjacent to an activating group) is 1. The van der Waals surface area contributed by atoms with Gasteiger partial charge in [-0.15, -0.1) is 0 Å². The first kappa shape index (κ1) is 13.6. The molecule has 100 valence electrons. The van der Waals surface area contributed by atoms with Gasteiger partial charge in [0.15, 0.2) is 0 Å². The van der Waals surface area contributed by atoms with E-state index >= 15 is 0 Å². The highest BCUT2D eigenvalue weighted by atomic mass is 16.5. The fourth-order valence-corrected chi connectivity index (χ4v) is 2.25. The number of aromatic nitrogens is 1. The first-order chi connectivity index (χ1) is 9.26. The van der Waals surface area contributed by atoms with Crippen LogP contribution in [0.1, 0.15) is 22.9 Å². The SMILES string of the molecule is CNC(Cc1ncccc1C)c1ccccc1OC. The van der Waals surface area contributed by atoms with Gasteiger partial charge >= 0.3 is 0 Å². The fourth-order valence-electron chi connectivity index (χ4n) is 2.25. The molecule has 1 N–H and O–H groups in total. The van der Waals surface area contributed by atoms with Gasteiger partial charge in [0.2, 0.25) is 0 Å². The summed E-state index contributed by atoms with van der Waals surface area (Å²) in [4.78, 5) is 4.47. The van der Waals surface area contributed by atoms with Gasteiger partial charge in [-0.3, -0.25) is 4.98 Å². The van der Waals surface area contributed by atoms with Gasteiger partial charge in [-0.2, -0.15) is 0 Å². The zero-order chi connectivity index (χ0) is 13.7. The van der Waals surface area contributed by atoms with Gasteiger partial charge in [0.05, 0.1) is 7.11 Å². The van der Waals surface area contributed by atoms with E-state index in [4.69, 9.17) is 4.74 Å². The van der Waals surface area contributed by atoms with Crippen molar-refractivity contribution in [3.05, 3.63) is 59.4 Å². The van der Waals surface area contributed by atoms with Crippen LogP contribution in [0.3, 0.4) is 0 Å². The number of nitrogens with zero attached hydrogens (tertiary/aromatic N) is 1. The number of hydrogen-bond acceptors (Lipinski definition) is 3. The van der Waals surface area contributed by atoms with Crippen LogP contribution in [-0.2, 0) is 6.42 Å². The minimum absolute atomic E-state index is 0.199. The molecule has 1 aromatic carbocycles. The predicted octanol–water partition coefficient (Wildman–Crippen LogP) is 2.90. The zero-order valence-corrected chi connectivity index (χ0v) is 11.7. The van der Waals surface area contributed by atoms with Crippen LogP contribution in [0.4, 0.5) is 0 Å². The quantitative estimate of drug-likeness (QED) is 0.893. The van der Waals surface area contributed by atoms with Crippen molar-refractivity contribution in [2.24, 2.45) is 0 Å². The van der Waals surface area contributed by atoms with Crippen LogP contribution < -0.4 is 10.1 Å². The molecule has 1 atom stereocenters. The van der Waals surface area contributed by atoms with Crippen molar-refractivity contribution >= 4 is 0 Å². The highest BCUT2D eigenvalue weighted by Gasteiger charge is 2.15. The Balaban J connectivity index is 2.28. The Morgan fingerprint density at radius 2 is 2.00 bits per heavy atom. The third-order valence-electron chi connectivity index (χ3n) is 3.38. The number of pyridine rings is 1. The molecule has 0 saturated heterocycles. The van der Waals surface area contributed by atoms with Gasteiger partial charge in [-0.25, -0.2) is 0 Å². The lowest BCUT2D eigenvalue weighted by atomic mass is 9.99. The summed E-state index contributed by atoms with van der Waals surface area (Å²) in [6, 6.07) is 12.4. The summed E-state index contributed by atoms with van der Waals surface area (Å²) in [5, 5.41) is 3.35. The standard InChI is InChI=1S/C16H20N2O/c1-12-7-6-10-18-14(12)11-15(17-2)13-8-4-5-9-16(13)19-3/h4-10,15,17H,11H2,1-3H3. The summed E-state index contributed by atoms with van der Waals surface area (Å²) in [6.45, 7) is 2.09. The number of methoxy groups -OCH3 is 1. The van der Waals surface area contributed by atoms with E-state index in [9.17, 15) is 0 Å². The minimum atomic E-state index is 0.199. The second kappa shape index (κ2) is 6.34. The van der Waals surface area contributed by atoms with Crippen molar-refractivity contribution in [2.45, 2.75) is 19.4 Å². The summed E-state index contributed by atoms with van der Waals surface area (Å²) in [5.41, 5.74) is 3.50. The van der Waals surface area contributed by atoms with Crippen LogP contribution in [0.2, 0.25) is 0 Å². The van der Waals surface area contributed by atoms with Gasteiger partial charge in [0.1, 0.15) is 5.75 Å². The van der Waals surface area contributed by atoms with Crippen molar-refractivity contribution < 1.29 is 4.74 Å². The third kappa shape index (κ3) is 3.12. The Hall–Kier alpha value is -1.87. The molecule has 0 amide bonds. The van der Waals surface area contributed by atoms with E-state index in [1.807, 2.05) is 37.5 Å². The number of ether oxygens (including phenoxy) is 1. The molecular weight excluding hydrogens is 236 g/mol. The van der Waals surface area contributed by atoms with Crippen molar-refractivity contribution in [3.8, 4) is 5.75 Å². The van der Waals surface area contributed by atoms with E-state index in [2.05, 4.69) is 29.4 Å². The van der Waals surface area contributed by atoms with Crippen LogP contribution in [0, 0.1) is 6.92 Å². The Kier molecular flexibility index (Phi) is 4.53. The van der Waals surface area contributed by atoms with E-state index < -0.39 is 0 Å². The topological polar surface area (TPSA) is 34.2 Å². The van der Waals surface area contributed by atoms with E-state index in [-0.39, 0.29) is 6.04 Å². The predicted molar refractivity (Wildman–Crippen MR) is 77.5 cm³/mol. The molecule has 3 nitrogen and oxygen atoms in total. The molecule has 0 aliphatic heterocycles. The van der Waals surface area contributed by atoms with Crippen LogP contribution in [0.5, 0.6) is 5.75 Å². The molecule has 2 rings (SSSR count). The first-order valence-corrected chi connectivity index (χ1v) is 6.47. The van der Waals surface area contributed by atoms with Crippen LogP contribution in [0.25, 0.3) is 0 Å². The zero-order valence-electron chi connectivity index (χ0n) is 11.7. The molecule has 0 aliphatic carbocycles. The lowest BCUT2D eigenvalue weighted by Gasteiger charge is -2.19. The summed E-state index contributed by atoms with van der Waals surface area (Å²) >= 11 is 0. The van der Waals surface area contributed by atoms with Gasteiger partial charge in [-0.05, 0) is 31.7 Å². The van der Waals surface area contributed by atoms with Gasteiger partial charge < -0.3 is 10.1 Å². The van der Waals surface area contributed by atoms with Crippen molar-refractivity contribution in [1.82, 2.24) is 10.3 Å². The van der Waals surface area contributed by atoms with Crippen LogP contribution in [0.15, 0.2) is 42.6 Å². The van der Waals surface area contributed by atoms with E-state index in [1.54, 1.807) is 7.11 Å². The molecule has 3 heteroatoms. The normalized spacial score (nSPS) is 12.2. The molecule has 0 fully saturated rings. The number of para-hydroxylation sites is 1. The van der Waals surface area contributed by atoms with E-state index in [0.717, 1.165) is 23.4 Å². The third-order valence-corrected chi connectivity index (χ3v) is 3.38. The Bertz CT molecular complexity index is 540. The van der Waals surface area contributed by atoms with Crippen LogP contribution >= 0.6 is 0 Å². The number of hydrogen-bond donors (Lipinski definition) is 1. The maximum atomic E-state index is 5.44. The maximum absolute atomic E-state index is 5.44. The Morgan fingerprint density at radius 1 is 1.21 bits per heavy atom. The summed E-state index contributed by atoms with van der Waals surface area (Å²) < 4.78 is 5.44. The first-order valence-electron chi connectivity index (χ1n) is 6.47. The number of nitrogens with one attached hydrogen (secondary N) is 1. The van der Waals surface area contributed by atoms with Crippen LogP contribution in [-0.4, -0.2) is 19.1 Å². The molecule has 1 aromatic heterocycles. The monoisotopic (exact) mass is 256 g/mol.